The molecule has 1 aliphatic heterocycles. The van der Waals surface area contributed by atoms with Crippen LogP contribution in [0.3, 0.4) is 0 Å². The minimum absolute atomic E-state index is 0.153. The zero-order valence-corrected chi connectivity index (χ0v) is 10.7. The van der Waals surface area contributed by atoms with E-state index in [-0.39, 0.29) is 5.91 Å². The quantitative estimate of drug-likeness (QED) is 0.812. The number of anilines is 1. The number of hydrogen-bond acceptors (Lipinski definition) is 6. The van der Waals surface area contributed by atoms with E-state index in [1.807, 2.05) is 11.8 Å². The van der Waals surface area contributed by atoms with Crippen LogP contribution in [0.4, 0.5) is 5.13 Å². The molecular weight excluding hydrogens is 238 g/mol. The normalized spacial score (nSPS) is 16.4. The summed E-state index contributed by atoms with van der Waals surface area (Å²) in [6, 6.07) is 0. The second-order valence-corrected chi connectivity index (χ2v) is 4.76. The molecule has 17 heavy (non-hydrogen) atoms. The van der Waals surface area contributed by atoms with Gasteiger partial charge in [0.05, 0.1) is 0 Å². The third-order valence-electron chi connectivity index (χ3n) is 2.78. The van der Waals surface area contributed by atoms with Crippen molar-refractivity contribution in [3.05, 3.63) is 5.82 Å². The van der Waals surface area contributed by atoms with Crippen LogP contribution in [0.5, 0.6) is 0 Å². The van der Waals surface area contributed by atoms with Gasteiger partial charge in [0.25, 0.3) is 0 Å². The van der Waals surface area contributed by atoms with Crippen molar-refractivity contribution in [1.82, 2.24) is 14.3 Å². The van der Waals surface area contributed by atoms with Gasteiger partial charge in [0.1, 0.15) is 5.82 Å². The van der Waals surface area contributed by atoms with E-state index in [0.29, 0.717) is 13.0 Å². The van der Waals surface area contributed by atoms with E-state index in [1.165, 1.54) is 11.5 Å². The number of rotatable bonds is 3. The first-order chi connectivity index (χ1) is 8.20. The Balaban J connectivity index is 1.88. The highest BCUT2D eigenvalue weighted by atomic mass is 32.1. The fourth-order valence-corrected chi connectivity index (χ4v) is 2.57. The van der Waals surface area contributed by atoms with Gasteiger partial charge in [0.15, 0.2) is 0 Å². The summed E-state index contributed by atoms with van der Waals surface area (Å²) < 4.78 is 4.17. The SMILES string of the molecule is Cc1nsc(N2CCN(C(=O)CCN)CC2)n1. The Hall–Kier alpha value is -1.21. The lowest BCUT2D eigenvalue weighted by atomic mass is 10.3. The molecule has 1 saturated heterocycles. The molecular formula is C10H17N5OS. The van der Waals surface area contributed by atoms with Gasteiger partial charge in [0.2, 0.25) is 11.0 Å². The molecule has 2 rings (SSSR count). The summed E-state index contributed by atoms with van der Waals surface area (Å²) in [4.78, 5) is 20.0. The zero-order valence-electron chi connectivity index (χ0n) is 9.93. The Kier molecular flexibility index (Phi) is 3.90. The number of nitrogens with zero attached hydrogens (tertiary/aromatic N) is 4. The second kappa shape index (κ2) is 5.42. The van der Waals surface area contributed by atoms with E-state index in [0.717, 1.165) is 37.1 Å². The number of aromatic nitrogens is 2. The Morgan fingerprint density at radius 2 is 2.12 bits per heavy atom. The minimum Gasteiger partial charge on any atom is -0.343 e. The Morgan fingerprint density at radius 1 is 1.41 bits per heavy atom. The molecule has 0 radical (unpaired) electrons. The van der Waals surface area contributed by atoms with Gasteiger partial charge in [-0.3, -0.25) is 4.79 Å². The van der Waals surface area contributed by atoms with Crippen molar-refractivity contribution in [2.75, 3.05) is 37.6 Å². The fraction of sp³-hybridized carbons (Fsp3) is 0.700. The lowest BCUT2D eigenvalue weighted by molar-refractivity contribution is -0.131. The van der Waals surface area contributed by atoms with Crippen molar-refractivity contribution in [2.24, 2.45) is 5.73 Å². The maximum atomic E-state index is 11.6. The van der Waals surface area contributed by atoms with Crippen LogP contribution in [0.15, 0.2) is 0 Å². The molecule has 94 valence electrons. The average Bonchev–Trinajstić information content (AvgIpc) is 2.76. The van der Waals surface area contributed by atoms with Gasteiger partial charge in [-0.15, -0.1) is 0 Å². The first-order valence-electron chi connectivity index (χ1n) is 5.74. The maximum absolute atomic E-state index is 11.6. The summed E-state index contributed by atoms with van der Waals surface area (Å²) in [6.45, 7) is 5.46. The van der Waals surface area contributed by atoms with Crippen LogP contribution < -0.4 is 10.6 Å². The molecule has 1 aromatic rings. The Bertz CT molecular complexity index is 386. The smallest absolute Gasteiger partial charge is 0.223 e. The summed E-state index contributed by atoms with van der Waals surface area (Å²) >= 11 is 1.42. The number of piperazine rings is 1. The topological polar surface area (TPSA) is 75.4 Å². The van der Waals surface area contributed by atoms with E-state index in [2.05, 4.69) is 14.3 Å². The molecule has 7 heteroatoms. The molecule has 0 aliphatic carbocycles. The number of carbonyl (C=O) groups is 1. The van der Waals surface area contributed by atoms with Crippen LogP contribution in [0.25, 0.3) is 0 Å². The van der Waals surface area contributed by atoms with Gasteiger partial charge in [-0.05, 0) is 6.92 Å². The van der Waals surface area contributed by atoms with Crippen LogP contribution >= 0.6 is 11.5 Å². The lowest BCUT2D eigenvalue weighted by Crippen LogP contribution is -2.49. The van der Waals surface area contributed by atoms with Crippen molar-refractivity contribution >= 4 is 22.6 Å². The average molecular weight is 255 g/mol. The summed E-state index contributed by atoms with van der Waals surface area (Å²) in [5.41, 5.74) is 5.38. The molecule has 0 spiro atoms. The van der Waals surface area contributed by atoms with Gasteiger partial charge >= 0.3 is 0 Å². The standard InChI is InChI=1S/C10H17N5OS/c1-8-12-10(17-13-8)15-6-4-14(5-7-15)9(16)2-3-11/h2-7,11H2,1H3. The molecule has 2 N–H and O–H groups in total. The highest BCUT2D eigenvalue weighted by molar-refractivity contribution is 7.09. The van der Waals surface area contributed by atoms with Crippen LogP contribution in [-0.4, -0.2) is 52.9 Å². The molecule has 0 aromatic carbocycles. The minimum atomic E-state index is 0.153. The molecule has 2 heterocycles. The van der Waals surface area contributed by atoms with Crippen molar-refractivity contribution < 1.29 is 4.79 Å². The summed E-state index contributed by atoms with van der Waals surface area (Å²) in [5.74, 6) is 0.965. The van der Waals surface area contributed by atoms with Gasteiger partial charge in [-0.1, -0.05) is 0 Å². The molecule has 0 saturated carbocycles. The Morgan fingerprint density at radius 3 is 2.65 bits per heavy atom. The highest BCUT2D eigenvalue weighted by Crippen LogP contribution is 2.18. The molecule has 6 nitrogen and oxygen atoms in total. The molecule has 1 fully saturated rings. The first-order valence-corrected chi connectivity index (χ1v) is 6.51. The molecule has 0 unspecified atom stereocenters. The Labute approximate surface area is 105 Å². The van der Waals surface area contributed by atoms with Gasteiger partial charge < -0.3 is 15.5 Å². The van der Waals surface area contributed by atoms with Gasteiger partial charge in [0, 0.05) is 50.7 Å². The van der Waals surface area contributed by atoms with Crippen LogP contribution in [-0.2, 0) is 4.79 Å². The predicted octanol–water partition coefficient (Wildman–Crippen LogP) is -0.156. The van der Waals surface area contributed by atoms with E-state index in [4.69, 9.17) is 5.73 Å². The summed E-state index contributed by atoms with van der Waals surface area (Å²) in [5, 5.41) is 0.952. The molecule has 1 aliphatic rings. The largest absolute Gasteiger partial charge is 0.343 e. The second-order valence-electron chi connectivity index (χ2n) is 4.03. The van der Waals surface area contributed by atoms with Crippen molar-refractivity contribution in [3.63, 3.8) is 0 Å². The molecule has 0 bridgehead atoms. The monoisotopic (exact) mass is 255 g/mol. The highest BCUT2D eigenvalue weighted by Gasteiger charge is 2.22. The number of nitrogens with two attached hydrogens (primary N) is 1. The zero-order chi connectivity index (χ0) is 12.3. The first kappa shape index (κ1) is 12.3. The number of carbonyl (C=O) groups excluding carboxylic acids is 1. The van der Waals surface area contributed by atoms with Crippen molar-refractivity contribution in [1.29, 1.82) is 0 Å². The van der Waals surface area contributed by atoms with E-state index in [9.17, 15) is 4.79 Å². The predicted molar refractivity (Wildman–Crippen MR) is 67.1 cm³/mol. The maximum Gasteiger partial charge on any atom is 0.223 e. The van der Waals surface area contributed by atoms with E-state index < -0.39 is 0 Å². The fourth-order valence-electron chi connectivity index (χ4n) is 1.84. The van der Waals surface area contributed by atoms with Crippen molar-refractivity contribution in [2.45, 2.75) is 13.3 Å². The van der Waals surface area contributed by atoms with Gasteiger partial charge in [-0.25, -0.2) is 4.98 Å². The van der Waals surface area contributed by atoms with Crippen LogP contribution in [0.1, 0.15) is 12.2 Å². The van der Waals surface area contributed by atoms with Crippen LogP contribution in [0, 0.1) is 6.92 Å². The molecule has 1 aromatic heterocycles. The third kappa shape index (κ3) is 2.92. The van der Waals surface area contributed by atoms with Crippen LogP contribution in [0.2, 0.25) is 0 Å². The molecule has 1 amide bonds. The number of amides is 1. The van der Waals surface area contributed by atoms with Gasteiger partial charge in [-0.2, -0.15) is 4.37 Å². The number of aryl methyl sites for hydroxylation is 1. The lowest BCUT2D eigenvalue weighted by Gasteiger charge is -2.34. The number of hydrogen-bond donors (Lipinski definition) is 1. The summed E-state index contributed by atoms with van der Waals surface area (Å²) in [6.07, 6.45) is 0.442. The van der Waals surface area contributed by atoms with Crippen molar-refractivity contribution in [3.8, 4) is 0 Å². The molecule has 0 atom stereocenters. The third-order valence-corrected chi connectivity index (χ3v) is 3.65. The van der Waals surface area contributed by atoms with E-state index in [1.54, 1.807) is 0 Å². The van der Waals surface area contributed by atoms with E-state index >= 15 is 0 Å². The summed E-state index contributed by atoms with van der Waals surface area (Å²) in [7, 11) is 0.